The molecule has 2 aromatic rings. The van der Waals surface area contributed by atoms with E-state index in [0.29, 0.717) is 5.56 Å². The number of anilines is 1. The molecule has 5 heteroatoms. The Balaban J connectivity index is 1.73. The lowest BCUT2D eigenvalue weighted by molar-refractivity contribution is 0.101. The molecule has 0 aliphatic carbocycles. The molecule has 1 aliphatic heterocycles. The first-order valence-corrected chi connectivity index (χ1v) is 8.64. The SMILES string of the molecule is CC(=O)c1ccc(NC(=S)N2CCCC[C@H]2c2cccnc2)cc1. The Hall–Kier alpha value is -2.27. The van der Waals surface area contributed by atoms with Gasteiger partial charge >= 0.3 is 0 Å². The number of carbonyl (C=O) groups excluding carboxylic acids is 1. The molecule has 0 radical (unpaired) electrons. The molecule has 1 N–H and O–H groups in total. The van der Waals surface area contributed by atoms with Gasteiger partial charge in [-0.3, -0.25) is 9.78 Å². The zero-order valence-corrected chi connectivity index (χ0v) is 14.6. The van der Waals surface area contributed by atoms with E-state index in [1.165, 1.54) is 12.0 Å². The molecule has 0 bridgehead atoms. The summed E-state index contributed by atoms with van der Waals surface area (Å²) in [6, 6.07) is 11.8. The summed E-state index contributed by atoms with van der Waals surface area (Å²) in [6.07, 6.45) is 7.14. The zero-order chi connectivity index (χ0) is 16.9. The molecule has 24 heavy (non-hydrogen) atoms. The molecule has 0 amide bonds. The number of ketones is 1. The van der Waals surface area contributed by atoms with E-state index in [1.54, 1.807) is 13.1 Å². The standard InChI is InChI=1S/C19H21N3OS/c1-14(23)15-7-9-17(10-8-15)21-19(24)22-12-3-2-6-18(22)16-5-4-11-20-13-16/h4-5,7-11,13,18H,2-3,6,12H2,1H3,(H,21,24)/t18-/m0/s1. The van der Waals surface area contributed by atoms with Crippen LogP contribution >= 0.6 is 12.2 Å². The van der Waals surface area contributed by atoms with Gasteiger partial charge in [-0.1, -0.05) is 6.07 Å². The van der Waals surface area contributed by atoms with E-state index in [0.717, 1.165) is 30.2 Å². The zero-order valence-electron chi connectivity index (χ0n) is 13.7. The van der Waals surface area contributed by atoms with Crippen molar-refractivity contribution in [2.75, 3.05) is 11.9 Å². The van der Waals surface area contributed by atoms with E-state index in [2.05, 4.69) is 21.3 Å². The first kappa shape index (κ1) is 16.6. The average molecular weight is 339 g/mol. The summed E-state index contributed by atoms with van der Waals surface area (Å²) in [5.41, 5.74) is 2.81. The van der Waals surface area contributed by atoms with Crippen molar-refractivity contribution in [1.29, 1.82) is 0 Å². The molecule has 1 aromatic carbocycles. The third-order valence-corrected chi connectivity index (χ3v) is 4.71. The van der Waals surface area contributed by atoms with Gasteiger partial charge in [0.05, 0.1) is 6.04 Å². The second-order valence-corrected chi connectivity index (χ2v) is 6.44. The molecule has 124 valence electrons. The van der Waals surface area contributed by atoms with Gasteiger partial charge in [-0.25, -0.2) is 0 Å². The number of carbonyl (C=O) groups is 1. The summed E-state index contributed by atoms with van der Waals surface area (Å²) in [7, 11) is 0. The minimum Gasteiger partial charge on any atom is -0.342 e. The van der Waals surface area contributed by atoms with Gasteiger partial charge in [0, 0.05) is 30.2 Å². The van der Waals surface area contributed by atoms with E-state index in [1.807, 2.05) is 36.5 Å². The number of Topliss-reactive ketones (excluding diaryl/α,β-unsaturated/α-hetero) is 1. The number of pyridine rings is 1. The summed E-state index contributed by atoms with van der Waals surface area (Å²) < 4.78 is 0. The molecule has 1 atom stereocenters. The van der Waals surface area contributed by atoms with Gasteiger partial charge in [-0.2, -0.15) is 0 Å². The minimum absolute atomic E-state index is 0.0665. The normalized spacial score (nSPS) is 17.4. The number of thiocarbonyl (C=S) groups is 1. The van der Waals surface area contributed by atoms with Gasteiger partial charge in [-0.15, -0.1) is 0 Å². The van der Waals surface area contributed by atoms with Crippen molar-refractivity contribution in [3.8, 4) is 0 Å². The van der Waals surface area contributed by atoms with Crippen LogP contribution in [0.3, 0.4) is 0 Å². The van der Waals surface area contributed by atoms with Crippen LogP contribution in [-0.4, -0.2) is 27.3 Å². The first-order chi connectivity index (χ1) is 11.6. The first-order valence-electron chi connectivity index (χ1n) is 8.23. The van der Waals surface area contributed by atoms with Gasteiger partial charge in [-0.05, 0) is 74.3 Å². The highest BCUT2D eigenvalue weighted by atomic mass is 32.1. The Morgan fingerprint density at radius 2 is 2.04 bits per heavy atom. The number of rotatable bonds is 3. The van der Waals surface area contributed by atoms with Crippen LogP contribution < -0.4 is 5.32 Å². The van der Waals surface area contributed by atoms with Crippen LogP contribution in [0.15, 0.2) is 48.8 Å². The van der Waals surface area contributed by atoms with Crippen molar-refractivity contribution < 1.29 is 4.79 Å². The predicted molar refractivity (Wildman–Crippen MR) is 100 cm³/mol. The molecule has 0 saturated carbocycles. The van der Waals surface area contributed by atoms with Crippen LogP contribution in [0.5, 0.6) is 0 Å². The summed E-state index contributed by atoms with van der Waals surface area (Å²) in [4.78, 5) is 17.9. The molecule has 2 heterocycles. The van der Waals surface area contributed by atoms with Crippen LogP contribution in [0, 0.1) is 0 Å². The number of piperidine rings is 1. The van der Waals surface area contributed by atoms with Crippen molar-refractivity contribution >= 4 is 28.8 Å². The van der Waals surface area contributed by atoms with Crippen LogP contribution in [0.25, 0.3) is 0 Å². The molecule has 1 saturated heterocycles. The summed E-state index contributed by atoms with van der Waals surface area (Å²) >= 11 is 5.64. The smallest absolute Gasteiger partial charge is 0.173 e. The molecule has 0 unspecified atom stereocenters. The molecule has 0 spiro atoms. The maximum Gasteiger partial charge on any atom is 0.173 e. The fourth-order valence-corrected chi connectivity index (χ4v) is 3.41. The van der Waals surface area contributed by atoms with Crippen LogP contribution in [-0.2, 0) is 0 Å². The highest BCUT2D eigenvalue weighted by Gasteiger charge is 2.26. The number of aromatic nitrogens is 1. The van der Waals surface area contributed by atoms with E-state index in [-0.39, 0.29) is 11.8 Å². The number of benzene rings is 1. The number of likely N-dealkylation sites (tertiary alicyclic amines) is 1. The van der Waals surface area contributed by atoms with Crippen molar-refractivity contribution in [3.05, 3.63) is 59.9 Å². The third-order valence-electron chi connectivity index (χ3n) is 4.38. The highest BCUT2D eigenvalue weighted by molar-refractivity contribution is 7.80. The Kier molecular flexibility index (Phi) is 5.20. The van der Waals surface area contributed by atoms with Gasteiger partial charge in [0.1, 0.15) is 0 Å². The number of nitrogens with zero attached hydrogens (tertiary/aromatic N) is 2. The van der Waals surface area contributed by atoms with E-state index < -0.39 is 0 Å². The summed E-state index contributed by atoms with van der Waals surface area (Å²) in [5.74, 6) is 0.0665. The van der Waals surface area contributed by atoms with Gasteiger partial charge in [0.15, 0.2) is 10.9 Å². The monoisotopic (exact) mass is 339 g/mol. The lowest BCUT2D eigenvalue weighted by atomic mass is 9.97. The predicted octanol–water partition coefficient (Wildman–Crippen LogP) is 4.21. The highest BCUT2D eigenvalue weighted by Crippen LogP contribution is 2.31. The minimum atomic E-state index is 0.0665. The summed E-state index contributed by atoms with van der Waals surface area (Å²) in [6.45, 7) is 2.51. The van der Waals surface area contributed by atoms with E-state index >= 15 is 0 Å². The lowest BCUT2D eigenvalue weighted by Crippen LogP contribution is -2.41. The number of nitrogens with one attached hydrogen (secondary N) is 1. The molecule has 4 nitrogen and oxygen atoms in total. The summed E-state index contributed by atoms with van der Waals surface area (Å²) in [5, 5.41) is 4.02. The van der Waals surface area contributed by atoms with Gasteiger partial charge in [0.2, 0.25) is 0 Å². The van der Waals surface area contributed by atoms with Crippen molar-refractivity contribution in [2.45, 2.75) is 32.2 Å². The van der Waals surface area contributed by atoms with Crippen LogP contribution in [0.2, 0.25) is 0 Å². The number of hydrogen-bond acceptors (Lipinski definition) is 3. The van der Waals surface area contributed by atoms with Crippen LogP contribution in [0.4, 0.5) is 5.69 Å². The van der Waals surface area contributed by atoms with E-state index in [4.69, 9.17) is 12.2 Å². The maximum absolute atomic E-state index is 11.4. The maximum atomic E-state index is 11.4. The van der Waals surface area contributed by atoms with Gasteiger partial charge in [0.25, 0.3) is 0 Å². The molecular formula is C19H21N3OS. The Bertz CT molecular complexity index is 715. The van der Waals surface area contributed by atoms with Crippen molar-refractivity contribution in [1.82, 2.24) is 9.88 Å². The van der Waals surface area contributed by atoms with Gasteiger partial charge < -0.3 is 10.2 Å². The molecule has 1 fully saturated rings. The Morgan fingerprint density at radius 3 is 2.71 bits per heavy atom. The quantitative estimate of drug-likeness (QED) is 0.670. The Labute approximate surface area is 147 Å². The fourth-order valence-electron chi connectivity index (χ4n) is 3.08. The third kappa shape index (κ3) is 3.79. The van der Waals surface area contributed by atoms with Crippen LogP contribution in [0.1, 0.15) is 48.1 Å². The van der Waals surface area contributed by atoms with Crippen molar-refractivity contribution in [2.24, 2.45) is 0 Å². The average Bonchev–Trinajstić information content (AvgIpc) is 2.63. The molecule has 3 rings (SSSR count). The lowest BCUT2D eigenvalue weighted by Gasteiger charge is -2.37. The number of hydrogen-bond donors (Lipinski definition) is 1. The van der Waals surface area contributed by atoms with Crippen molar-refractivity contribution in [3.63, 3.8) is 0 Å². The van der Waals surface area contributed by atoms with E-state index in [9.17, 15) is 4.79 Å². The topological polar surface area (TPSA) is 45.2 Å². The second kappa shape index (κ2) is 7.53. The molecular weight excluding hydrogens is 318 g/mol. The Morgan fingerprint density at radius 1 is 1.25 bits per heavy atom. The second-order valence-electron chi connectivity index (χ2n) is 6.06. The molecule has 1 aromatic heterocycles. The largest absolute Gasteiger partial charge is 0.342 e. The molecule has 1 aliphatic rings. The fraction of sp³-hybridized carbons (Fsp3) is 0.316.